The van der Waals surface area contributed by atoms with Gasteiger partial charge in [-0.25, -0.2) is 0 Å². The molecule has 3 N–H and O–H groups in total. The van der Waals surface area contributed by atoms with Crippen LogP contribution in [0.5, 0.6) is 11.5 Å². The Bertz CT molecular complexity index is 328. The van der Waals surface area contributed by atoms with Gasteiger partial charge in [0.25, 0.3) is 0 Å². The molecule has 5 nitrogen and oxygen atoms in total. The summed E-state index contributed by atoms with van der Waals surface area (Å²) in [6.07, 6.45) is 0. The Labute approximate surface area is 77.9 Å². The molecule has 0 aliphatic rings. The van der Waals surface area contributed by atoms with Gasteiger partial charge in [0.1, 0.15) is 5.75 Å². The Balaban J connectivity index is 2.91. The van der Waals surface area contributed by atoms with E-state index in [0.29, 0.717) is 5.75 Å². The van der Waals surface area contributed by atoms with E-state index in [1.807, 2.05) is 0 Å². The SMILES string of the molecule is COc1ccc(OS(=O)O)c(N)c1. The predicted molar refractivity (Wildman–Crippen MR) is 48.8 cm³/mol. The summed E-state index contributed by atoms with van der Waals surface area (Å²) in [5.41, 5.74) is 5.75. The maximum atomic E-state index is 10.3. The van der Waals surface area contributed by atoms with Gasteiger partial charge in [-0.15, -0.1) is 0 Å². The van der Waals surface area contributed by atoms with E-state index in [4.69, 9.17) is 15.0 Å². The van der Waals surface area contributed by atoms with Crippen molar-refractivity contribution < 1.29 is 17.7 Å². The molecule has 0 saturated heterocycles. The Morgan fingerprint density at radius 3 is 2.69 bits per heavy atom. The molecule has 0 saturated carbocycles. The van der Waals surface area contributed by atoms with E-state index in [1.54, 1.807) is 6.07 Å². The van der Waals surface area contributed by atoms with E-state index in [0.717, 1.165) is 0 Å². The molecule has 1 atom stereocenters. The number of anilines is 1. The Hall–Kier alpha value is -1.27. The van der Waals surface area contributed by atoms with E-state index in [9.17, 15) is 4.21 Å². The summed E-state index contributed by atoms with van der Waals surface area (Å²) >= 11 is -2.36. The minimum absolute atomic E-state index is 0.154. The zero-order chi connectivity index (χ0) is 9.84. The van der Waals surface area contributed by atoms with Crippen molar-refractivity contribution in [3.63, 3.8) is 0 Å². The van der Waals surface area contributed by atoms with Gasteiger partial charge in [-0.3, -0.25) is 4.55 Å². The van der Waals surface area contributed by atoms with Crippen LogP contribution in [0.25, 0.3) is 0 Å². The lowest BCUT2D eigenvalue weighted by atomic mass is 10.3. The number of methoxy groups -OCH3 is 1. The number of hydrogen-bond donors (Lipinski definition) is 2. The molecule has 1 aromatic rings. The van der Waals surface area contributed by atoms with Gasteiger partial charge in [-0.1, -0.05) is 0 Å². The van der Waals surface area contributed by atoms with Gasteiger partial charge < -0.3 is 14.7 Å². The molecular weight excluding hydrogens is 194 g/mol. The second kappa shape index (κ2) is 4.11. The molecule has 1 aromatic carbocycles. The van der Waals surface area contributed by atoms with Gasteiger partial charge in [0.2, 0.25) is 0 Å². The van der Waals surface area contributed by atoms with Crippen LogP contribution in [0.2, 0.25) is 0 Å². The summed E-state index contributed by atoms with van der Waals surface area (Å²) in [7, 11) is 1.50. The van der Waals surface area contributed by atoms with E-state index < -0.39 is 11.4 Å². The number of nitrogen functional groups attached to an aromatic ring is 1. The highest BCUT2D eigenvalue weighted by Crippen LogP contribution is 2.26. The third kappa shape index (κ3) is 2.60. The quantitative estimate of drug-likeness (QED) is 0.560. The third-order valence-corrected chi connectivity index (χ3v) is 1.70. The van der Waals surface area contributed by atoms with Crippen LogP contribution in [0, 0.1) is 0 Å². The lowest BCUT2D eigenvalue weighted by Gasteiger charge is -2.05. The molecule has 72 valence electrons. The Morgan fingerprint density at radius 1 is 1.54 bits per heavy atom. The summed E-state index contributed by atoms with van der Waals surface area (Å²) in [5, 5.41) is 0. The van der Waals surface area contributed by atoms with Gasteiger partial charge in [0.15, 0.2) is 5.75 Å². The highest BCUT2D eigenvalue weighted by molar-refractivity contribution is 7.74. The molecule has 1 rings (SSSR count). The van der Waals surface area contributed by atoms with Crippen molar-refractivity contribution in [2.45, 2.75) is 0 Å². The largest absolute Gasteiger partial charge is 0.497 e. The average Bonchev–Trinajstić information content (AvgIpc) is 2.08. The fourth-order valence-electron chi connectivity index (χ4n) is 0.806. The van der Waals surface area contributed by atoms with E-state index in [2.05, 4.69) is 4.18 Å². The molecule has 0 spiro atoms. The smallest absolute Gasteiger partial charge is 0.357 e. The van der Waals surface area contributed by atoms with Crippen molar-refractivity contribution in [1.29, 1.82) is 0 Å². The van der Waals surface area contributed by atoms with Crippen LogP contribution < -0.4 is 14.7 Å². The van der Waals surface area contributed by atoms with Crippen molar-refractivity contribution in [2.24, 2.45) is 0 Å². The molecule has 0 aromatic heterocycles. The summed E-state index contributed by atoms with van der Waals surface area (Å²) in [5.74, 6) is 0.718. The summed E-state index contributed by atoms with van der Waals surface area (Å²) in [6, 6.07) is 4.54. The number of hydrogen-bond acceptors (Lipinski definition) is 4. The third-order valence-electron chi connectivity index (χ3n) is 1.38. The van der Waals surface area contributed by atoms with Crippen molar-refractivity contribution in [3.8, 4) is 11.5 Å². The number of nitrogens with two attached hydrogens (primary N) is 1. The molecule has 13 heavy (non-hydrogen) atoms. The highest BCUT2D eigenvalue weighted by atomic mass is 32.2. The first-order valence-corrected chi connectivity index (χ1v) is 4.39. The molecule has 0 amide bonds. The van der Waals surface area contributed by atoms with E-state index in [-0.39, 0.29) is 11.4 Å². The van der Waals surface area contributed by atoms with Gasteiger partial charge >= 0.3 is 11.4 Å². The van der Waals surface area contributed by atoms with Crippen LogP contribution >= 0.6 is 0 Å². The Morgan fingerprint density at radius 2 is 2.23 bits per heavy atom. The first-order valence-electron chi connectivity index (χ1n) is 3.36. The van der Waals surface area contributed by atoms with Crippen molar-refractivity contribution >= 4 is 17.0 Å². The molecule has 0 heterocycles. The first kappa shape index (κ1) is 9.82. The first-order chi connectivity index (χ1) is 6.13. The Kier molecular flexibility index (Phi) is 3.10. The van der Waals surface area contributed by atoms with Crippen molar-refractivity contribution in [3.05, 3.63) is 18.2 Å². The zero-order valence-electron chi connectivity index (χ0n) is 6.89. The van der Waals surface area contributed by atoms with Crippen molar-refractivity contribution in [2.75, 3.05) is 12.8 Å². The topological polar surface area (TPSA) is 81.8 Å². The fraction of sp³-hybridized carbons (Fsp3) is 0.143. The standard InChI is InChI=1S/C7H9NO4S/c1-11-5-2-3-7(6(8)4-5)12-13(9)10/h2-4H,8H2,1H3,(H,9,10). The molecule has 0 bridgehead atoms. The maximum absolute atomic E-state index is 10.3. The summed E-state index contributed by atoms with van der Waals surface area (Å²) < 4.78 is 28.1. The average molecular weight is 203 g/mol. The molecular formula is C7H9NO4S. The number of rotatable bonds is 3. The van der Waals surface area contributed by atoms with Crippen LogP contribution in [0.15, 0.2) is 18.2 Å². The maximum Gasteiger partial charge on any atom is 0.357 e. The highest BCUT2D eigenvalue weighted by Gasteiger charge is 2.04. The van der Waals surface area contributed by atoms with Gasteiger partial charge in [0.05, 0.1) is 12.8 Å². The van der Waals surface area contributed by atoms with Crippen LogP contribution in [-0.4, -0.2) is 15.9 Å². The lowest BCUT2D eigenvalue weighted by Crippen LogP contribution is -2.00. The fourth-order valence-corrected chi connectivity index (χ4v) is 1.11. The molecule has 1 unspecified atom stereocenters. The van der Waals surface area contributed by atoms with Gasteiger partial charge in [-0.05, 0) is 12.1 Å². The minimum Gasteiger partial charge on any atom is -0.497 e. The molecule has 0 aliphatic carbocycles. The molecule has 0 fully saturated rings. The van der Waals surface area contributed by atoms with E-state index in [1.165, 1.54) is 19.2 Å². The molecule has 0 aliphatic heterocycles. The second-order valence-corrected chi connectivity index (χ2v) is 2.81. The number of ether oxygens (including phenoxy) is 1. The molecule has 6 heteroatoms. The van der Waals surface area contributed by atoms with Gasteiger partial charge in [-0.2, -0.15) is 4.21 Å². The lowest BCUT2D eigenvalue weighted by molar-refractivity contribution is 0.413. The monoisotopic (exact) mass is 203 g/mol. The summed E-state index contributed by atoms with van der Waals surface area (Å²) in [4.78, 5) is 0. The van der Waals surface area contributed by atoms with Gasteiger partial charge in [0, 0.05) is 6.07 Å². The predicted octanol–water partition coefficient (Wildman–Crippen LogP) is 0.793. The minimum atomic E-state index is -2.36. The van der Waals surface area contributed by atoms with Crippen LogP contribution in [0.1, 0.15) is 0 Å². The summed E-state index contributed by atoms with van der Waals surface area (Å²) in [6.45, 7) is 0. The van der Waals surface area contributed by atoms with Crippen LogP contribution in [-0.2, 0) is 11.4 Å². The van der Waals surface area contributed by atoms with Crippen LogP contribution in [0.3, 0.4) is 0 Å². The normalized spacial score (nSPS) is 12.2. The van der Waals surface area contributed by atoms with Crippen LogP contribution in [0.4, 0.5) is 5.69 Å². The van der Waals surface area contributed by atoms with Crippen molar-refractivity contribution in [1.82, 2.24) is 0 Å². The van der Waals surface area contributed by atoms with E-state index >= 15 is 0 Å². The number of benzene rings is 1. The zero-order valence-corrected chi connectivity index (χ0v) is 7.71. The second-order valence-electron chi connectivity index (χ2n) is 2.20. The molecule has 0 radical (unpaired) electrons.